The molecule has 0 saturated carbocycles. The van der Waals surface area contributed by atoms with Crippen LogP contribution in [0.2, 0.25) is 0 Å². The molecule has 72 valence electrons. The molecule has 0 fully saturated rings. The number of aromatic nitrogens is 4. The smallest absolute Gasteiger partial charge is 0.204 e. The van der Waals surface area contributed by atoms with Crippen molar-refractivity contribution in [1.29, 1.82) is 0 Å². The quantitative estimate of drug-likeness (QED) is 0.325. The van der Waals surface area contributed by atoms with E-state index in [4.69, 9.17) is 5.21 Å². The van der Waals surface area contributed by atoms with E-state index in [1.807, 2.05) is 16.8 Å². The van der Waals surface area contributed by atoms with Crippen LogP contribution in [0.15, 0.2) is 22.0 Å². The standard InChI is InChI=1S/C7H7N5OS/c1-5-8-10-11-12(5)7(9-13)6-2-3-14-4-6/h2-4,13H,1H3/b9-7-. The molecule has 0 aliphatic heterocycles. The normalized spacial score (nSPS) is 11.9. The second kappa shape index (κ2) is 3.54. The molecule has 2 rings (SSSR count). The Morgan fingerprint density at radius 2 is 2.50 bits per heavy atom. The van der Waals surface area contributed by atoms with Gasteiger partial charge in [0.15, 0.2) is 5.82 Å². The Labute approximate surface area is 83.5 Å². The summed E-state index contributed by atoms with van der Waals surface area (Å²) in [6, 6.07) is 1.83. The molecule has 0 bridgehead atoms. The topological polar surface area (TPSA) is 76.2 Å². The molecule has 0 amide bonds. The molecule has 7 heteroatoms. The number of oxime groups is 1. The van der Waals surface area contributed by atoms with E-state index in [1.165, 1.54) is 16.0 Å². The largest absolute Gasteiger partial charge is 0.409 e. The number of thiophene rings is 1. The van der Waals surface area contributed by atoms with Gasteiger partial charge in [0.25, 0.3) is 0 Å². The molecule has 2 aromatic rings. The fourth-order valence-electron chi connectivity index (χ4n) is 1.04. The summed E-state index contributed by atoms with van der Waals surface area (Å²) in [5.74, 6) is 0.901. The summed E-state index contributed by atoms with van der Waals surface area (Å²) in [5, 5.41) is 26.7. The van der Waals surface area contributed by atoms with E-state index in [9.17, 15) is 0 Å². The van der Waals surface area contributed by atoms with Gasteiger partial charge in [0, 0.05) is 10.9 Å². The van der Waals surface area contributed by atoms with Gasteiger partial charge in [-0.1, -0.05) is 5.16 Å². The van der Waals surface area contributed by atoms with Crippen molar-refractivity contribution in [2.24, 2.45) is 5.16 Å². The molecule has 0 aliphatic rings. The Bertz CT molecular complexity index is 446. The van der Waals surface area contributed by atoms with Crippen molar-refractivity contribution < 1.29 is 5.21 Å². The molecule has 0 aromatic carbocycles. The molecule has 2 heterocycles. The van der Waals surface area contributed by atoms with Gasteiger partial charge in [-0.05, 0) is 28.8 Å². The third-order valence-corrected chi connectivity index (χ3v) is 2.38. The van der Waals surface area contributed by atoms with Gasteiger partial charge in [0.1, 0.15) is 0 Å². The summed E-state index contributed by atoms with van der Waals surface area (Å²) < 4.78 is 1.38. The molecule has 0 spiro atoms. The number of tetrazole rings is 1. The zero-order valence-corrected chi connectivity index (χ0v) is 8.14. The van der Waals surface area contributed by atoms with Crippen molar-refractivity contribution in [3.8, 4) is 0 Å². The third-order valence-electron chi connectivity index (χ3n) is 1.70. The molecule has 0 radical (unpaired) electrons. The number of hydrogen-bond acceptors (Lipinski definition) is 6. The van der Waals surface area contributed by atoms with Crippen molar-refractivity contribution in [3.63, 3.8) is 0 Å². The van der Waals surface area contributed by atoms with Crippen molar-refractivity contribution in [2.45, 2.75) is 6.92 Å². The van der Waals surface area contributed by atoms with Crippen LogP contribution in [-0.4, -0.2) is 31.3 Å². The lowest BCUT2D eigenvalue weighted by Gasteiger charge is -2.00. The first-order valence-electron chi connectivity index (χ1n) is 3.83. The molecule has 2 aromatic heterocycles. The van der Waals surface area contributed by atoms with Crippen LogP contribution in [0.25, 0.3) is 0 Å². The summed E-state index contributed by atoms with van der Waals surface area (Å²) in [6.07, 6.45) is 0. The summed E-state index contributed by atoms with van der Waals surface area (Å²) in [4.78, 5) is 0. The Morgan fingerprint density at radius 1 is 1.64 bits per heavy atom. The van der Waals surface area contributed by atoms with Gasteiger partial charge >= 0.3 is 0 Å². The third kappa shape index (κ3) is 1.37. The summed E-state index contributed by atoms with van der Waals surface area (Å²) in [6.45, 7) is 1.73. The number of aryl methyl sites for hydroxylation is 1. The molecular weight excluding hydrogens is 202 g/mol. The molecular formula is C7H7N5OS. The summed E-state index contributed by atoms with van der Waals surface area (Å²) in [5.41, 5.74) is 0.785. The van der Waals surface area contributed by atoms with Crippen molar-refractivity contribution in [3.05, 3.63) is 28.2 Å². The first kappa shape index (κ1) is 8.82. The lowest BCUT2D eigenvalue weighted by Crippen LogP contribution is -2.16. The van der Waals surface area contributed by atoms with Crippen LogP contribution >= 0.6 is 11.3 Å². The molecule has 0 atom stereocenters. The monoisotopic (exact) mass is 209 g/mol. The van der Waals surface area contributed by atoms with Gasteiger partial charge in [0.2, 0.25) is 5.84 Å². The van der Waals surface area contributed by atoms with Crippen LogP contribution in [0.5, 0.6) is 0 Å². The highest BCUT2D eigenvalue weighted by molar-refractivity contribution is 7.08. The predicted molar refractivity (Wildman–Crippen MR) is 50.6 cm³/mol. The average molecular weight is 209 g/mol. The SMILES string of the molecule is Cc1nnnn1/C(=N\O)c1ccsc1. The number of nitrogens with zero attached hydrogens (tertiary/aromatic N) is 5. The van der Waals surface area contributed by atoms with Crippen LogP contribution in [0.1, 0.15) is 11.4 Å². The van der Waals surface area contributed by atoms with Gasteiger partial charge in [-0.25, -0.2) is 0 Å². The predicted octanol–water partition coefficient (Wildman–Crippen LogP) is 0.727. The summed E-state index contributed by atoms with van der Waals surface area (Å²) >= 11 is 1.51. The van der Waals surface area contributed by atoms with Crippen LogP contribution < -0.4 is 0 Å². The molecule has 1 N–H and O–H groups in total. The van der Waals surface area contributed by atoms with Crippen molar-refractivity contribution in [1.82, 2.24) is 20.2 Å². The first-order valence-corrected chi connectivity index (χ1v) is 4.77. The first-order chi connectivity index (χ1) is 6.83. The van der Waals surface area contributed by atoms with E-state index in [0.717, 1.165) is 5.56 Å². The minimum atomic E-state index is 0.328. The van der Waals surface area contributed by atoms with E-state index in [1.54, 1.807) is 6.92 Å². The van der Waals surface area contributed by atoms with Crippen LogP contribution in [0.4, 0.5) is 0 Å². The van der Waals surface area contributed by atoms with Crippen LogP contribution in [-0.2, 0) is 0 Å². The van der Waals surface area contributed by atoms with Crippen molar-refractivity contribution >= 4 is 17.2 Å². The Balaban J connectivity index is 2.47. The second-order valence-corrected chi connectivity index (χ2v) is 3.35. The molecule has 0 aliphatic carbocycles. The average Bonchev–Trinajstić information content (AvgIpc) is 2.80. The van der Waals surface area contributed by atoms with Gasteiger partial charge in [-0.2, -0.15) is 16.0 Å². The maximum absolute atomic E-state index is 8.87. The zero-order valence-electron chi connectivity index (χ0n) is 7.32. The highest BCUT2D eigenvalue weighted by atomic mass is 32.1. The van der Waals surface area contributed by atoms with Crippen LogP contribution in [0.3, 0.4) is 0 Å². The fraction of sp³-hybridized carbons (Fsp3) is 0.143. The maximum Gasteiger partial charge on any atom is 0.204 e. The lowest BCUT2D eigenvalue weighted by atomic mass is 10.3. The van der Waals surface area contributed by atoms with Gasteiger partial charge in [0.05, 0.1) is 0 Å². The van der Waals surface area contributed by atoms with Gasteiger partial charge < -0.3 is 5.21 Å². The van der Waals surface area contributed by atoms with E-state index < -0.39 is 0 Å². The van der Waals surface area contributed by atoms with Gasteiger partial charge in [-0.3, -0.25) is 0 Å². The number of rotatable bonds is 1. The highest BCUT2D eigenvalue weighted by Crippen LogP contribution is 2.08. The zero-order chi connectivity index (χ0) is 9.97. The summed E-state index contributed by atoms with van der Waals surface area (Å²) in [7, 11) is 0. The van der Waals surface area contributed by atoms with E-state index in [2.05, 4.69) is 20.7 Å². The second-order valence-electron chi connectivity index (χ2n) is 2.57. The minimum Gasteiger partial charge on any atom is -0.409 e. The molecule has 0 unspecified atom stereocenters. The Kier molecular flexibility index (Phi) is 2.23. The van der Waals surface area contributed by atoms with E-state index in [0.29, 0.717) is 11.7 Å². The fourth-order valence-corrected chi connectivity index (χ4v) is 1.68. The minimum absolute atomic E-state index is 0.328. The van der Waals surface area contributed by atoms with Crippen molar-refractivity contribution in [2.75, 3.05) is 0 Å². The Morgan fingerprint density at radius 3 is 3.00 bits per heavy atom. The Hall–Kier alpha value is -1.76. The van der Waals surface area contributed by atoms with E-state index in [-0.39, 0.29) is 0 Å². The lowest BCUT2D eigenvalue weighted by molar-refractivity contribution is 0.316. The number of hydrogen-bond donors (Lipinski definition) is 1. The molecule has 0 saturated heterocycles. The maximum atomic E-state index is 8.87. The molecule has 6 nitrogen and oxygen atoms in total. The highest BCUT2D eigenvalue weighted by Gasteiger charge is 2.11. The van der Waals surface area contributed by atoms with E-state index >= 15 is 0 Å². The van der Waals surface area contributed by atoms with Gasteiger partial charge in [-0.15, -0.1) is 5.10 Å². The van der Waals surface area contributed by atoms with Crippen LogP contribution in [0, 0.1) is 6.92 Å². The molecule has 14 heavy (non-hydrogen) atoms.